The maximum atomic E-state index is 12.7. The molecule has 0 spiro atoms. The molecule has 3 aromatic rings. The molecule has 1 unspecified atom stereocenters. The molecule has 1 amide bonds. The van der Waals surface area contributed by atoms with Crippen LogP contribution in [0.5, 0.6) is 0 Å². The molecule has 31 heavy (non-hydrogen) atoms. The minimum absolute atomic E-state index is 0.0146. The number of sulfonamides is 1. The number of benzene rings is 2. The Balaban J connectivity index is 1.69. The lowest BCUT2D eigenvalue weighted by molar-refractivity contribution is 0.102. The standard InChI is InChI=1S/C21H23ClN4O3S2/c1-13(14-5-9-16(10-6-14)21(2,3)4)26-31(28,29)20-25-24-19(30-20)23-18(27)15-7-11-17(22)12-8-15/h5-13,26H,1-4H3,(H,23,24,27). The molecule has 0 saturated heterocycles. The van der Waals surface area contributed by atoms with Crippen LogP contribution >= 0.6 is 22.9 Å². The highest BCUT2D eigenvalue weighted by molar-refractivity contribution is 7.91. The van der Waals surface area contributed by atoms with Gasteiger partial charge in [0.05, 0.1) is 0 Å². The molecule has 1 aromatic heterocycles. The van der Waals surface area contributed by atoms with Crippen LogP contribution in [0.3, 0.4) is 0 Å². The maximum Gasteiger partial charge on any atom is 0.270 e. The van der Waals surface area contributed by atoms with Gasteiger partial charge in [-0.25, -0.2) is 13.1 Å². The number of aromatic nitrogens is 2. The van der Waals surface area contributed by atoms with Crippen molar-refractivity contribution in [3.8, 4) is 0 Å². The average Bonchev–Trinajstić information content (AvgIpc) is 3.17. The number of nitrogens with zero attached hydrogens (tertiary/aromatic N) is 2. The highest BCUT2D eigenvalue weighted by Crippen LogP contribution is 2.26. The van der Waals surface area contributed by atoms with Gasteiger partial charge in [-0.1, -0.05) is 68.0 Å². The van der Waals surface area contributed by atoms with Crippen molar-refractivity contribution >= 4 is 44.0 Å². The van der Waals surface area contributed by atoms with Crippen LogP contribution in [0.2, 0.25) is 5.02 Å². The van der Waals surface area contributed by atoms with E-state index in [4.69, 9.17) is 11.6 Å². The van der Waals surface area contributed by atoms with E-state index in [9.17, 15) is 13.2 Å². The van der Waals surface area contributed by atoms with Gasteiger partial charge < -0.3 is 0 Å². The molecule has 0 bridgehead atoms. The molecule has 1 atom stereocenters. The Kier molecular flexibility index (Phi) is 6.80. The van der Waals surface area contributed by atoms with Crippen molar-refractivity contribution in [2.24, 2.45) is 0 Å². The number of nitrogens with one attached hydrogen (secondary N) is 2. The van der Waals surface area contributed by atoms with Gasteiger partial charge in [0.25, 0.3) is 15.9 Å². The summed E-state index contributed by atoms with van der Waals surface area (Å²) in [6.45, 7) is 8.11. The SMILES string of the molecule is CC(NS(=O)(=O)c1nnc(NC(=O)c2ccc(Cl)cc2)s1)c1ccc(C(C)(C)C)cc1. The molecule has 0 aliphatic carbocycles. The van der Waals surface area contributed by atoms with Crippen LogP contribution < -0.4 is 10.0 Å². The molecular weight excluding hydrogens is 456 g/mol. The summed E-state index contributed by atoms with van der Waals surface area (Å²) in [5.74, 6) is -0.433. The Morgan fingerprint density at radius 3 is 2.23 bits per heavy atom. The van der Waals surface area contributed by atoms with Gasteiger partial charge in [-0.05, 0) is 47.7 Å². The summed E-state index contributed by atoms with van der Waals surface area (Å²) < 4.78 is 27.8. The first-order valence-corrected chi connectivity index (χ1v) is 12.2. The van der Waals surface area contributed by atoms with Crippen LogP contribution in [0.4, 0.5) is 5.13 Å². The first kappa shape index (κ1) is 23.3. The number of carbonyl (C=O) groups excluding carboxylic acids is 1. The van der Waals surface area contributed by atoms with Crippen LogP contribution in [0.15, 0.2) is 52.9 Å². The molecule has 0 aliphatic heterocycles. The van der Waals surface area contributed by atoms with Crippen LogP contribution in [0.1, 0.15) is 55.2 Å². The third-order valence-corrected chi connectivity index (χ3v) is 7.57. The van der Waals surface area contributed by atoms with Gasteiger partial charge in [0, 0.05) is 16.6 Å². The summed E-state index contributed by atoms with van der Waals surface area (Å²) in [5.41, 5.74) is 2.38. The molecule has 2 aromatic carbocycles. The summed E-state index contributed by atoms with van der Waals surface area (Å²) in [6, 6.07) is 13.6. The lowest BCUT2D eigenvalue weighted by Crippen LogP contribution is -2.27. The predicted molar refractivity (Wildman–Crippen MR) is 123 cm³/mol. The number of halogens is 1. The van der Waals surface area contributed by atoms with E-state index in [1.165, 1.54) is 0 Å². The van der Waals surface area contributed by atoms with Gasteiger partial charge in [-0.15, -0.1) is 10.2 Å². The molecule has 164 valence electrons. The number of carbonyl (C=O) groups is 1. The molecule has 0 saturated carbocycles. The fraction of sp³-hybridized carbons (Fsp3) is 0.286. The molecule has 10 heteroatoms. The molecule has 2 N–H and O–H groups in total. The van der Waals surface area contributed by atoms with E-state index >= 15 is 0 Å². The van der Waals surface area contributed by atoms with Crippen molar-refractivity contribution in [3.05, 3.63) is 70.2 Å². The van der Waals surface area contributed by atoms with Crippen LogP contribution in [-0.2, 0) is 15.4 Å². The van der Waals surface area contributed by atoms with Crippen LogP contribution in [0.25, 0.3) is 0 Å². The molecule has 0 aliphatic rings. The van der Waals surface area contributed by atoms with Crippen molar-refractivity contribution in [3.63, 3.8) is 0 Å². The maximum absolute atomic E-state index is 12.7. The van der Waals surface area contributed by atoms with Crippen LogP contribution in [-0.4, -0.2) is 24.5 Å². The van der Waals surface area contributed by atoms with Gasteiger partial charge in [0.1, 0.15) is 0 Å². The number of hydrogen-bond donors (Lipinski definition) is 2. The van der Waals surface area contributed by atoms with Crippen molar-refractivity contribution < 1.29 is 13.2 Å². The Labute approximate surface area is 190 Å². The Morgan fingerprint density at radius 1 is 1.03 bits per heavy atom. The highest BCUT2D eigenvalue weighted by atomic mass is 35.5. The topological polar surface area (TPSA) is 101 Å². The minimum Gasteiger partial charge on any atom is -0.296 e. The van der Waals surface area contributed by atoms with Crippen LogP contribution in [0, 0.1) is 0 Å². The lowest BCUT2D eigenvalue weighted by Gasteiger charge is -2.20. The lowest BCUT2D eigenvalue weighted by atomic mass is 9.86. The van der Waals surface area contributed by atoms with Crippen molar-refractivity contribution in [1.29, 1.82) is 0 Å². The smallest absolute Gasteiger partial charge is 0.270 e. The summed E-state index contributed by atoms with van der Waals surface area (Å²) >= 11 is 6.60. The Hall–Kier alpha value is -2.33. The van der Waals surface area contributed by atoms with E-state index in [2.05, 4.69) is 41.0 Å². The molecule has 0 fully saturated rings. The molecule has 0 radical (unpaired) electrons. The zero-order valence-corrected chi connectivity index (χ0v) is 19.9. The van der Waals surface area contributed by atoms with Crippen molar-refractivity contribution in [2.75, 3.05) is 5.32 Å². The van der Waals surface area contributed by atoms with Gasteiger partial charge in [0.15, 0.2) is 0 Å². The van der Waals surface area contributed by atoms with Gasteiger partial charge in [-0.2, -0.15) is 0 Å². The van der Waals surface area contributed by atoms with E-state index < -0.39 is 22.0 Å². The highest BCUT2D eigenvalue weighted by Gasteiger charge is 2.24. The summed E-state index contributed by atoms with van der Waals surface area (Å²) in [4.78, 5) is 12.3. The normalized spacial score (nSPS) is 13.1. The van der Waals surface area contributed by atoms with E-state index in [1.54, 1.807) is 31.2 Å². The van der Waals surface area contributed by atoms with Gasteiger partial charge >= 0.3 is 0 Å². The summed E-state index contributed by atoms with van der Waals surface area (Å²) in [7, 11) is -3.91. The average molecular weight is 479 g/mol. The predicted octanol–water partition coefficient (Wildman–Crippen LogP) is 4.78. The summed E-state index contributed by atoms with van der Waals surface area (Å²) in [5, 5.41) is 10.6. The van der Waals surface area contributed by atoms with E-state index in [-0.39, 0.29) is 14.9 Å². The van der Waals surface area contributed by atoms with Gasteiger partial charge in [-0.3, -0.25) is 10.1 Å². The van der Waals surface area contributed by atoms with E-state index in [0.717, 1.165) is 22.5 Å². The van der Waals surface area contributed by atoms with Gasteiger partial charge in [0.2, 0.25) is 9.47 Å². The minimum atomic E-state index is -3.91. The fourth-order valence-electron chi connectivity index (χ4n) is 2.76. The molecule has 7 nitrogen and oxygen atoms in total. The fourth-order valence-corrected chi connectivity index (χ4v) is 5.03. The van der Waals surface area contributed by atoms with E-state index in [1.807, 2.05) is 24.3 Å². The number of hydrogen-bond acceptors (Lipinski definition) is 6. The Morgan fingerprint density at radius 2 is 1.65 bits per heavy atom. The number of rotatable bonds is 6. The van der Waals surface area contributed by atoms with E-state index in [0.29, 0.717) is 10.6 Å². The second kappa shape index (κ2) is 9.04. The molecular formula is C21H23ClN4O3S2. The Bertz CT molecular complexity index is 1170. The monoisotopic (exact) mass is 478 g/mol. The quantitative estimate of drug-likeness (QED) is 0.496. The zero-order valence-electron chi connectivity index (χ0n) is 17.5. The molecule has 3 rings (SSSR count). The summed E-state index contributed by atoms with van der Waals surface area (Å²) in [6.07, 6.45) is 0. The first-order valence-electron chi connectivity index (χ1n) is 9.49. The number of amides is 1. The van der Waals surface area contributed by atoms with Crippen molar-refractivity contribution in [2.45, 2.75) is 43.5 Å². The molecule has 1 heterocycles. The zero-order chi connectivity index (χ0) is 22.8. The van der Waals surface area contributed by atoms with Crippen molar-refractivity contribution in [1.82, 2.24) is 14.9 Å². The number of anilines is 1. The third-order valence-electron chi connectivity index (χ3n) is 4.57. The third kappa shape index (κ3) is 5.88. The largest absolute Gasteiger partial charge is 0.296 e. The second-order valence-electron chi connectivity index (χ2n) is 8.05. The second-order valence-corrected chi connectivity index (χ2v) is 11.4. The first-order chi connectivity index (χ1) is 14.5.